The number of hydrogen-bond donors (Lipinski definition) is 3. The van der Waals surface area contributed by atoms with E-state index in [-0.39, 0.29) is 40.4 Å². The van der Waals surface area contributed by atoms with E-state index in [1.165, 1.54) is 0 Å². The highest BCUT2D eigenvalue weighted by atomic mass is 31.1. The average Bonchev–Trinajstić information content (AvgIpc) is 2.34. The molecule has 6 nitrogen and oxygen atoms in total. The molecule has 0 aliphatic heterocycles. The highest BCUT2D eigenvalue weighted by Gasteiger charge is 2.39. The van der Waals surface area contributed by atoms with Crippen LogP contribution in [0.1, 0.15) is 34.1 Å². The molecule has 7 heteroatoms. The van der Waals surface area contributed by atoms with E-state index < -0.39 is 11.6 Å². The lowest BCUT2D eigenvalue weighted by molar-refractivity contribution is -0.192. The monoisotopic (exact) mass is 291 g/mol. The third-order valence-corrected chi connectivity index (χ3v) is 4.70. The molecule has 0 aromatic carbocycles. The Kier molecular flexibility index (Phi) is 8.67. The molecule has 0 bridgehead atoms. The molecule has 0 aromatic rings. The van der Waals surface area contributed by atoms with Crippen LogP contribution in [0, 0.1) is 11.3 Å². The van der Waals surface area contributed by atoms with Gasteiger partial charge in [0, 0.05) is 27.4 Å². The topological polar surface area (TPSA) is 103 Å². The Hall–Kier alpha value is -0.280. The predicted octanol–water partition coefficient (Wildman–Crippen LogP) is 0.595. The largest absolute Gasteiger partial charge is 0.386 e. The smallest absolute Gasteiger partial charge is 0.223 e. The zero-order valence-electron chi connectivity index (χ0n) is 12.1. The molecule has 0 radical (unpaired) electrons. The zero-order chi connectivity index (χ0) is 15.1. The van der Waals surface area contributed by atoms with Gasteiger partial charge in [0.2, 0.25) is 5.53 Å². The van der Waals surface area contributed by atoms with Crippen molar-refractivity contribution >= 4 is 8.73 Å². The summed E-state index contributed by atoms with van der Waals surface area (Å²) in [4.78, 5) is 0. The van der Waals surface area contributed by atoms with Gasteiger partial charge < -0.3 is 20.7 Å². The number of rotatable bonds is 9. The maximum Gasteiger partial charge on any atom is 0.223 e. The summed E-state index contributed by atoms with van der Waals surface area (Å²) in [6.45, 7) is 8.02. The Labute approximate surface area is 117 Å². The lowest BCUT2D eigenvalue weighted by Crippen LogP contribution is -2.49. The molecule has 0 saturated heterocycles. The summed E-state index contributed by atoms with van der Waals surface area (Å²) >= 11 is 0. The molecule has 0 rings (SSSR count). The van der Waals surface area contributed by atoms with E-state index in [0.29, 0.717) is 0 Å². The summed E-state index contributed by atoms with van der Waals surface area (Å²) in [6, 6.07) is 2.34. The van der Waals surface area contributed by atoms with Crippen LogP contribution in [0.4, 0.5) is 0 Å². The number of hydrogen-bond acceptors (Lipinski definition) is 6. The molecule has 0 saturated carbocycles. The third kappa shape index (κ3) is 6.13. The van der Waals surface area contributed by atoms with Gasteiger partial charge in [0.05, 0.1) is 19.1 Å². The van der Waals surface area contributed by atoms with Crippen molar-refractivity contribution in [2.45, 2.75) is 57.8 Å². The van der Waals surface area contributed by atoms with E-state index in [0.717, 1.165) is 0 Å². The maximum atomic E-state index is 10.5. The zero-order valence-corrected chi connectivity index (χ0v) is 13.1. The summed E-state index contributed by atoms with van der Waals surface area (Å²) in [6.07, 6.45) is -1.02. The van der Waals surface area contributed by atoms with Crippen LogP contribution >= 0.6 is 8.73 Å². The van der Waals surface area contributed by atoms with Crippen LogP contribution in [0.3, 0.4) is 0 Å². The molecule has 0 aromatic heterocycles. The minimum atomic E-state index is -1.72. The standard InChI is InChI=1S/C12H26N3O3P/c1-9(2)15(10(3)4)19-12(17,11(16)8-14)18-7-5-6-13/h9-11,16-17,19H,5,7-8,14H2,1-4H3. The van der Waals surface area contributed by atoms with Crippen LogP contribution in [0.5, 0.6) is 0 Å². The molecule has 0 aliphatic carbocycles. The van der Waals surface area contributed by atoms with Gasteiger partial charge >= 0.3 is 0 Å². The van der Waals surface area contributed by atoms with Crippen LogP contribution in [0.15, 0.2) is 0 Å². The average molecular weight is 291 g/mol. The molecule has 4 N–H and O–H groups in total. The van der Waals surface area contributed by atoms with E-state index in [9.17, 15) is 10.2 Å². The van der Waals surface area contributed by atoms with Crippen molar-refractivity contribution in [3.63, 3.8) is 0 Å². The Morgan fingerprint density at radius 1 is 1.37 bits per heavy atom. The first-order chi connectivity index (χ1) is 8.78. The Morgan fingerprint density at radius 3 is 2.26 bits per heavy atom. The Balaban J connectivity index is 4.87. The van der Waals surface area contributed by atoms with Gasteiger partial charge in [-0.1, -0.05) is 0 Å². The molecule has 0 fully saturated rings. The molecule has 0 heterocycles. The summed E-state index contributed by atoms with van der Waals surface area (Å²) in [5.41, 5.74) is 3.70. The van der Waals surface area contributed by atoms with E-state index in [2.05, 4.69) is 0 Å². The normalized spacial score (nSPS) is 17.3. The lowest BCUT2D eigenvalue weighted by atomic mass is 10.3. The highest BCUT2D eigenvalue weighted by molar-refractivity contribution is 7.36. The first-order valence-corrected chi connectivity index (χ1v) is 7.40. The van der Waals surface area contributed by atoms with Crippen LogP contribution in [-0.4, -0.2) is 51.8 Å². The van der Waals surface area contributed by atoms with Crippen molar-refractivity contribution in [1.82, 2.24) is 4.67 Å². The highest BCUT2D eigenvalue weighted by Crippen LogP contribution is 2.39. The van der Waals surface area contributed by atoms with Crippen molar-refractivity contribution in [3.8, 4) is 6.07 Å². The van der Waals surface area contributed by atoms with E-state index in [1.54, 1.807) is 0 Å². The van der Waals surface area contributed by atoms with Crippen molar-refractivity contribution < 1.29 is 14.9 Å². The fraction of sp³-hybridized carbons (Fsp3) is 0.917. The second-order valence-corrected chi connectivity index (χ2v) is 6.37. The molecule has 3 unspecified atom stereocenters. The van der Waals surface area contributed by atoms with Crippen molar-refractivity contribution in [3.05, 3.63) is 0 Å². The van der Waals surface area contributed by atoms with Crippen LogP contribution in [-0.2, 0) is 4.74 Å². The Morgan fingerprint density at radius 2 is 1.89 bits per heavy atom. The predicted molar refractivity (Wildman–Crippen MR) is 76.6 cm³/mol. The number of nitriles is 1. The van der Waals surface area contributed by atoms with Gasteiger partial charge in [-0.25, -0.2) is 0 Å². The molecular formula is C12H26N3O3P. The van der Waals surface area contributed by atoms with Crippen molar-refractivity contribution in [2.24, 2.45) is 5.73 Å². The van der Waals surface area contributed by atoms with E-state index in [4.69, 9.17) is 15.7 Å². The minimum absolute atomic E-state index is 0.0705. The van der Waals surface area contributed by atoms with Crippen LogP contribution in [0.25, 0.3) is 0 Å². The van der Waals surface area contributed by atoms with E-state index in [1.807, 2.05) is 38.4 Å². The molecule has 19 heavy (non-hydrogen) atoms. The molecule has 0 amide bonds. The van der Waals surface area contributed by atoms with Gasteiger partial charge in [0.25, 0.3) is 0 Å². The number of nitrogens with zero attached hydrogens (tertiary/aromatic N) is 2. The van der Waals surface area contributed by atoms with Crippen molar-refractivity contribution in [1.29, 1.82) is 5.26 Å². The summed E-state index contributed by atoms with van der Waals surface area (Å²) in [5, 5.41) is 28.9. The first-order valence-electron chi connectivity index (χ1n) is 6.46. The van der Waals surface area contributed by atoms with Gasteiger partial charge in [-0.2, -0.15) is 5.26 Å². The number of aliphatic hydroxyl groups excluding tert-OH is 1. The van der Waals surface area contributed by atoms with Gasteiger partial charge in [-0.15, -0.1) is 0 Å². The van der Waals surface area contributed by atoms with Crippen LogP contribution in [0.2, 0.25) is 0 Å². The maximum absolute atomic E-state index is 10.5. The van der Waals surface area contributed by atoms with Crippen LogP contribution < -0.4 is 5.73 Å². The number of ether oxygens (including phenoxy) is 1. The van der Waals surface area contributed by atoms with Gasteiger partial charge in [-0.05, 0) is 27.7 Å². The minimum Gasteiger partial charge on any atom is -0.386 e. The summed E-state index contributed by atoms with van der Waals surface area (Å²) < 4.78 is 7.36. The van der Waals surface area contributed by atoms with Gasteiger partial charge in [0.1, 0.15) is 6.10 Å². The SMILES string of the molecule is CC(C)N(PC(O)(OCCC#N)C(O)CN)C(C)C. The molecule has 0 spiro atoms. The van der Waals surface area contributed by atoms with Gasteiger partial charge in [-0.3, -0.25) is 4.67 Å². The van der Waals surface area contributed by atoms with E-state index >= 15 is 0 Å². The second-order valence-electron chi connectivity index (χ2n) is 4.91. The quantitative estimate of drug-likeness (QED) is 0.326. The molecule has 0 aliphatic rings. The third-order valence-electron chi connectivity index (χ3n) is 2.61. The Bertz CT molecular complexity index is 288. The fourth-order valence-electron chi connectivity index (χ4n) is 1.65. The summed E-state index contributed by atoms with van der Waals surface area (Å²) in [7, 11) is -0.146. The van der Waals surface area contributed by atoms with Gasteiger partial charge in [0.15, 0.2) is 0 Å². The number of nitrogens with two attached hydrogens (primary N) is 1. The lowest BCUT2D eigenvalue weighted by Gasteiger charge is -2.40. The molecule has 112 valence electrons. The second kappa shape index (κ2) is 8.80. The first kappa shape index (κ1) is 18.7. The van der Waals surface area contributed by atoms with Crippen molar-refractivity contribution in [2.75, 3.05) is 13.2 Å². The molecular weight excluding hydrogens is 265 g/mol. The number of aliphatic hydroxyl groups is 2. The fourth-order valence-corrected chi connectivity index (χ4v) is 2.97. The molecule has 3 atom stereocenters. The summed E-state index contributed by atoms with van der Waals surface area (Å²) in [5.74, 6) is 0.